The molecule has 0 aromatic carbocycles. The van der Waals surface area contributed by atoms with E-state index in [0.717, 1.165) is 32.7 Å². The third-order valence-electron chi connectivity index (χ3n) is 3.61. The van der Waals surface area contributed by atoms with Crippen LogP contribution in [0.3, 0.4) is 0 Å². The van der Waals surface area contributed by atoms with Crippen LogP contribution >= 0.6 is 0 Å². The standard InChI is InChI=1S/C15H33N3O/c1-15(2)19-14-6-10-17(3)9-4-5-11-18-12-7-16-8-13-18/h15-16H,4-14H2,1-3H3. The molecule has 0 bridgehead atoms. The van der Waals surface area contributed by atoms with Gasteiger partial charge in [-0.05, 0) is 53.2 Å². The average molecular weight is 271 g/mol. The molecule has 0 unspecified atom stereocenters. The summed E-state index contributed by atoms with van der Waals surface area (Å²) in [5, 5.41) is 3.40. The number of rotatable bonds is 10. The molecule has 0 aromatic rings. The van der Waals surface area contributed by atoms with Gasteiger partial charge in [0.05, 0.1) is 6.10 Å². The number of hydrogen-bond donors (Lipinski definition) is 1. The summed E-state index contributed by atoms with van der Waals surface area (Å²) in [6, 6.07) is 0. The van der Waals surface area contributed by atoms with Crippen LogP contribution in [0.4, 0.5) is 0 Å². The van der Waals surface area contributed by atoms with E-state index in [0.29, 0.717) is 6.10 Å². The minimum absolute atomic E-state index is 0.365. The monoisotopic (exact) mass is 271 g/mol. The molecule has 1 aliphatic rings. The molecule has 0 aliphatic carbocycles. The van der Waals surface area contributed by atoms with Crippen LogP contribution in [0.1, 0.15) is 33.1 Å². The molecule has 19 heavy (non-hydrogen) atoms. The Balaban J connectivity index is 1.87. The number of ether oxygens (including phenoxy) is 1. The van der Waals surface area contributed by atoms with Gasteiger partial charge < -0.3 is 19.9 Å². The van der Waals surface area contributed by atoms with E-state index in [1.165, 1.54) is 39.0 Å². The largest absolute Gasteiger partial charge is 0.379 e. The van der Waals surface area contributed by atoms with E-state index >= 15 is 0 Å². The fourth-order valence-electron chi connectivity index (χ4n) is 2.42. The second-order valence-electron chi connectivity index (χ2n) is 5.88. The van der Waals surface area contributed by atoms with Crippen LogP contribution in [0, 0.1) is 0 Å². The Hall–Kier alpha value is -0.160. The van der Waals surface area contributed by atoms with Crippen molar-refractivity contribution in [1.29, 1.82) is 0 Å². The first kappa shape index (κ1) is 16.9. The van der Waals surface area contributed by atoms with Gasteiger partial charge in [-0.2, -0.15) is 0 Å². The average Bonchev–Trinajstić information content (AvgIpc) is 2.41. The lowest BCUT2D eigenvalue weighted by Gasteiger charge is -2.27. The lowest BCUT2D eigenvalue weighted by atomic mass is 10.2. The summed E-state index contributed by atoms with van der Waals surface area (Å²) < 4.78 is 5.56. The Bertz CT molecular complexity index is 206. The Labute approximate surface area is 119 Å². The third kappa shape index (κ3) is 9.38. The van der Waals surface area contributed by atoms with Crippen molar-refractivity contribution < 1.29 is 4.74 Å². The number of unbranched alkanes of at least 4 members (excludes halogenated alkanes) is 1. The topological polar surface area (TPSA) is 27.7 Å². The molecule has 1 fully saturated rings. The van der Waals surface area contributed by atoms with Gasteiger partial charge in [-0.25, -0.2) is 0 Å². The number of nitrogens with zero attached hydrogens (tertiary/aromatic N) is 2. The van der Waals surface area contributed by atoms with Crippen molar-refractivity contribution in [1.82, 2.24) is 15.1 Å². The molecular weight excluding hydrogens is 238 g/mol. The molecule has 0 amide bonds. The number of piperazine rings is 1. The fraction of sp³-hybridized carbons (Fsp3) is 1.00. The van der Waals surface area contributed by atoms with Crippen LogP contribution in [0.5, 0.6) is 0 Å². The summed E-state index contributed by atoms with van der Waals surface area (Å²) in [6.45, 7) is 13.5. The quantitative estimate of drug-likeness (QED) is 0.608. The maximum Gasteiger partial charge on any atom is 0.0518 e. The van der Waals surface area contributed by atoms with E-state index in [1.54, 1.807) is 0 Å². The van der Waals surface area contributed by atoms with E-state index in [-0.39, 0.29) is 0 Å². The lowest BCUT2D eigenvalue weighted by Crippen LogP contribution is -2.43. The maximum atomic E-state index is 5.56. The molecule has 0 spiro atoms. The Morgan fingerprint density at radius 1 is 1.11 bits per heavy atom. The number of hydrogen-bond acceptors (Lipinski definition) is 4. The Kier molecular flexibility index (Phi) is 9.43. The second-order valence-corrected chi connectivity index (χ2v) is 5.88. The zero-order valence-corrected chi connectivity index (χ0v) is 13.2. The van der Waals surface area contributed by atoms with Crippen molar-refractivity contribution >= 4 is 0 Å². The van der Waals surface area contributed by atoms with Gasteiger partial charge in [0, 0.05) is 39.3 Å². The highest BCUT2D eigenvalue weighted by molar-refractivity contribution is 4.67. The summed E-state index contributed by atoms with van der Waals surface area (Å²) >= 11 is 0. The molecule has 1 rings (SSSR count). The molecule has 0 radical (unpaired) electrons. The van der Waals surface area contributed by atoms with Gasteiger partial charge >= 0.3 is 0 Å². The van der Waals surface area contributed by atoms with Crippen LogP contribution in [0.25, 0.3) is 0 Å². The zero-order valence-electron chi connectivity index (χ0n) is 13.2. The van der Waals surface area contributed by atoms with Crippen molar-refractivity contribution in [3.8, 4) is 0 Å². The Morgan fingerprint density at radius 2 is 1.79 bits per heavy atom. The van der Waals surface area contributed by atoms with Gasteiger partial charge in [-0.3, -0.25) is 0 Å². The van der Waals surface area contributed by atoms with Gasteiger partial charge in [0.15, 0.2) is 0 Å². The number of nitrogens with one attached hydrogen (secondary N) is 1. The highest BCUT2D eigenvalue weighted by Gasteiger charge is 2.08. The summed E-state index contributed by atoms with van der Waals surface area (Å²) in [5.74, 6) is 0. The molecule has 0 atom stereocenters. The minimum atomic E-state index is 0.365. The minimum Gasteiger partial charge on any atom is -0.379 e. The van der Waals surface area contributed by atoms with Crippen molar-refractivity contribution in [2.75, 3.05) is 59.5 Å². The van der Waals surface area contributed by atoms with Crippen molar-refractivity contribution in [2.45, 2.75) is 39.2 Å². The molecule has 1 saturated heterocycles. The van der Waals surface area contributed by atoms with Gasteiger partial charge in [0.1, 0.15) is 0 Å². The van der Waals surface area contributed by atoms with Crippen molar-refractivity contribution in [3.63, 3.8) is 0 Å². The first-order valence-electron chi connectivity index (χ1n) is 7.91. The third-order valence-corrected chi connectivity index (χ3v) is 3.61. The highest BCUT2D eigenvalue weighted by Crippen LogP contribution is 2.00. The van der Waals surface area contributed by atoms with Gasteiger partial charge in [0.25, 0.3) is 0 Å². The molecule has 1 heterocycles. The first-order valence-corrected chi connectivity index (χ1v) is 7.91. The normalized spacial score (nSPS) is 17.5. The van der Waals surface area contributed by atoms with E-state index in [2.05, 4.69) is 36.0 Å². The fourth-order valence-corrected chi connectivity index (χ4v) is 2.42. The molecule has 4 heteroatoms. The molecule has 1 N–H and O–H groups in total. The van der Waals surface area contributed by atoms with E-state index < -0.39 is 0 Å². The Morgan fingerprint density at radius 3 is 2.47 bits per heavy atom. The van der Waals surface area contributed by atoms with Gasteiger partial charge in [-0.15, -0.1) is 0 Å². The second kappa shape index (κ2) is 10.6. The molecular formula is C15H33N3O. The molecule has 0 aromatic heterocycles. The van der Waals surface area contributed by atoms with Gasteiger partial charge in [0.2, 0.25) is 0 Å². The predicted octanol–water partition coefficient (Wildman–Crippen LogP) is 1.42. The van der Waals surface area contributed by atoms with Gasteiger partial charge in [-0.1, -0.05) is 0 Å². The summed E-state index contributed by atoms with van der Waals surface area (Å²) in [5.41, 5.74) is 0. The van der Waals surface area contributed by atoms with E-state index in [9.17, 15) is 0 Å². The summed E-state index contributed by atoms with van der Waals surface area (Å²) in [7, 11) is 2.22. The molecule has 4 nitrogen and oxygen atoms in total. The first-order chi connectivity index (χ1) is 9.18. The summed E-state index contributed by atoms with van der Waals surface area (Å²) in [6.07, 6.45) is 4.15. The van der Waals surface area contributed by atoms with Crippen LogP contribution in [0.15, 0.2) is 0 Å². The van der Waals surface area contributed by atoms with Crippen molar-refractivity contribution in [3.05, 3.63) is 0 Å². The molecule has 0 saturated carbocycles. The molecule has 1 aliphatic heterocycles. The van der Waals surface area contributed by atoms with Crippen molar-refractivity contribution in [2.24, 2.45) is 0 Å². The van der Waals surface area contributed by atoms with Crippen LogP contribution in [-0.2, 0) is 4.74 Å². The van der Waals surface area contributed by atoms with Crippen LogP contribution < -0.4 is 5.32 Å². The highest BCUT2D eigenvalue weighted by atomic mass is 16.5. The van der Waals surface area contributed by atoms with Crippen LogP contribution in [-0.4, -0.2) is 75.4 Å². The van der Waals surface area contributed by atoms with E-state index in [1.807, 2.05) is 0 Å². The zero-order chi connectivity index (χ0) is 13.9. The SMILES string of the molecule is CC(C)OCCCN(C)CCCCN1CCNCC1. The molecule has 114 valence electrons. The predicted molar refractivity (Wildman–Crippen MR) is 81.7 cm³/mol. The smallest absolute Gasteiger partial charge is 0.0518 e. The van der Waals surface area contributed by atoms with E-state index in [4.69, 9.17) is 4.74 Å². The summed E-state index contributed by atoms with van der Waals surface area (Å²) in [4.78, 5) is 5.01. The van der Waals surface area contributed by atoms with Crippen LogP contribution in [0.2, 0.25) is 0 Å². The lowest BCUT2D eigenvalue weighted by molar-refractivity contribution is 0.0720. The maximum absolute atomic E-state index is 5.56.